The molecule has 1 aromatic heterocycles. The molecule has 0 amide bonds. The maximum Gasteiger partial charge on any atom is 0.335 e. The van der Waals surface area contributed by atoms with Crippen LogP contribution < -0.4 is 0 Å². The normalized spacial score (nSPS) is 21.7. The van der Waals surface area contributed by atoms with E-state index in [0.717, 1.165) is 55.6 Å². The number of esters is 1. The van der Waals surface area contributed by atoms with Gasteiger partial charge in [-0.2, -0.15) is 0 Å². The minimum absolute atomic E-state index is 0.0596. The summed E-state index contributed by atoms with van der Waals surface area (Å²) in [6.45, 7) is 10.6. The Morgan fingerprint density at radius 3 is 2.77 bits per heavy atom. The van der Waals surface area contributed by atoms with Gasteiger partial charge < -0.3 is 18.6 Å². The number of aromatic nitrogens is 1. The van der Waals surface area contributed by atoms with Crippen LogP contribution in [0.1, 0.15) is 69.7 Å². The van der Waals surface area contributed by atoms with Crippen molar-refractivity contribution in [1.82, 2.24) is 4.98 Å². The van der Waals surface area contributed by atoms with Gasteiger partial charge in [0.1, 0.15) is 11.5 Å². The fourth-order valence-electron chi connectivity index (χ4n) is 3.80. The van der Waals surface area contributed by atoms with Gasteiger partial charge in [-0.1, -0.05) is 24.3 Å². The Bertz CT molecular complexity index is 820. The molecule has 1 fully saturated rings. The SMILES string of the molecule is C=C(COC1CCCC(OCc2nc(C3=CCCC(C)=C3)oc2C)C1)C(=O)OCC. The van der Waals surface area contributed by atoms with E-state index in [9.17, 15) is 4.79 Å². The zero-order valence-electron chi connectivity index (χ0n) is 18.4. The standard InChI is InChI=1S/C24H33NO5/c1-5-27-24(26)17(3)14-28-20-10-7-11-21(13-20)29-15-22-18(4)30-23(25-22)19-9-6-8-16(2)12-19/h9,12,20-21H,3,5-8,10-11,13-15H2,1-2,4H3. The molecule has 1 heterocycles. The quantitative estimate of drug-likeness (QED) is 0.414. The van der Waals surface area contributed by atoms with E-state index >= 15 is 0 Å². The zero-order valence-corrected chi connectivity index (χ0v) is 18.4. The molecule has 0 saturated heterocycles. The van der Waals surface area contributed by atoms with Gasteiger partial charge in [-0.05, 0) is 59.3 Å². The highest BCUT2D eigenvalue weighted by Crippen LogP contribution is 2.28. The van der Waals surface area contributed by atoms with E-state index in [1.54, 1.807) is 6.92 Å². The maximum atomic E-state index is 11.7. The summed E-state index contributed by atoms with van der Waals surface area (Å²) in [5.74, 6) is 1.08. The van der Waals surface area contributed by atoms with Gasteiger partial charge in [-0.15, -0.1) is 0 Å². The third-order valence-corrected chi connectivity index (χ3v) is 5.54. The number of hydrogen-bond acceptors (Lipinski definition) is 6. The number of hydrogen-bond donors (Lipinski definition) is 0. The van der Waals surface area contributed by atoms with Crippen molar-refractivity contribution in [3.63, 3.8) is 0 Å². The Labute approximate surface area is 179 Å². The second-order valence-corrected chi connectivity index (χ2v) is 8.07. The summed E-state index contributed by atoms with van der Waals surface area (Å²) in [5.41, 5.74) is 3.61. The van der Waals surface area contributed by atoms with Crippen LogP contribution in [0.2, 0.25) is 0 Å². The van der Waals surface area contributed by atoms with Crippen molar-refractivity contribution in [3.05, 3.63) is 47.2 Å². The lowest BCUT2D eigenvalue weighted by atomic mass is 9.95. The van der Waals surface area contributed by atoms with Crippen LogP contribution in [0.5, 0.6) is 0 Å². The number of carbonyl (C=O) groups is 1. The van der Waals surface area contributed by atoms with Gasteiger partial charge in [0.05, 0.1) is 37.6 Å². The van der Waals surface area contributed by atoms with E-state index in [2.05, 4.69) is 30.6 Å². The van der Waals surface area contributed by atoms with Gasteiger partial charge in [0.25, 0.3) is 0 Å². The molecule has 6 nitrogen and oxygen atoms in total. The molecule has 0 radical (unpaired) electrons. The fraction of sp³-hybridized carbons (Fsp3) is 0.583. The van der Waals surface area contributed by atoms with E-state index in [1.807, 2.05) is 6.92 Å². The van der Waals surface area contributed by atoms with Crippen molar-refractivity contribution in [2.24, 2.45) is 0 Å². The topological polar surface area (TPSA) is 70.8 Å². The minimum atomic E-state index is -0.392. The molecule has 0 bridgehead atoms. The first kappa shape index (κ1) is 22.5. The first-order valence-corrected chi connectivity index (χ1v) is 10.9. The molecular formula is C24H33NO5. The van der Waals surface area contributed by atoms with E-state index in [1.165, 1.54) is 5.57 Å². The number of rotatable bonds is 9. The lowest BCUT2D eigenvalue weighted by Gasteiger charge is -2.29. The van der Waals surface area contributed by atoms with Gasteiger partial charge in [-0.25, -0.2) is 9.78 Å². The van der Waals surface area contributed by atoms with Crippen molar-refractivity contribution in [3.8, 4) is 0 Å². The van der Waals surface area contributed by atoms with Crippen molar-refractivity contribution < 1.29 is 23.4 Å². The Hall–Kier alpha value is -2.18. The molecule has 2 aliphatic rings. The molecule has 0 N–H and O–H groups in total. The summed E-state index contributed by atoms with van der Waals surface area (Å²) in [7, 11) is 0. The molecule has 0 aromatic carbocycles. The van der Waals surface area contributed by atoms with Gasteiger partial charge in [0.15, 0.2) is 0 Å². The summed E-state index contributed by atoms with van der Waals surface area (Å²) in [6.07, 6.45) is 10.4. The number of nitrogens with zero attached hydrogens (tertiary/aromatic N) is 1. The van der Waals surface area contributed by atoms with Gasteiger partial charge in [-0.3, -0.25) is 0 Å². The smallest absolute Gasteiger partial charge is 0.335 e. The lowest BCUT2D eigenvalue weighted by Crippen LogP contribution is -2.29. The summed E-state index contributed by atoms with van der Waals surface area (Å²) in [6, 6.07) is 0. The third kappa shape index (κ3) is 6.16. The van der Waals surface area contributed by atoms with Crippen molar-refractivity contribution >= 4 is 11.5 Å². The molecule has 0 aliphatic heterocycles. The van der Waals surface area contributed by atoms with Crippen molar-refractivity contribution in [1.29, 1.82) is 0 Å². The molecule has 0 spiro atoms. The highest BCUT2D eigenvalue weighted by Gasteiger charge is 2.25. The summed E-state index contributed by atoms with van der Waals surface area (Å²) in [4.78, 5) is 16.3. The highest BCUT2D eigenvalue weighted by atomic mass is 16.5. The summed E-state index contributed by atoms with van der Waals surface area (Å²) >= 11 is 0. The number of ether oxygens (including phenoxy) is 3. The van der Waals surface area contributed by atoms with E-state index in [-0.39, 0.29) is 18.8 Å². The Morgan fingerprint density at radius 1 is 1.27 bits per heavy atom. The van der Waals surface area contributed by atoms with Crippen LogP contribution in [0.3, 0.4) is 0 Å². The first-order valence-electron chi connectivity index (χ1n) is 10.9. The van der Waals surface area contributed by atoms with Crippen LogP contribution in [0.4, 0.5) is 0 Å². The number of allylic oxidation sites excluding steroid dienone is 4. The molecule has 2 atom stereocenters. The highest BCUT2D eigenvalue weighted by molar-refractivity contribution is 5.87. The van der Waals surface area contributed by atoms with Crippen LogP contribution in [-0.2, 0) is 25.6 Å². The van der Waals surface area contributed by atoms with Crippen LogP contribution >= 0.6 is 0 Å². The molecule has 2 aliphatic carbocycles. The van der Waals surface area contributed by atoms with E-state index < -0.39 is 5.97 Å². The monoisotopic (exact) mass is 415 g/mol. The number of carbonyl (C=O) groups excluding carboxylic acids is 1. The molecule has 164 valence electrons. The average Bonchev–Trinajstić information content (AvgIpc) is 3.11. The maximum absolute atomic E-state index is 11.7. The minimum Gasteiger partial charge on any atom is -0.463 e. The van der Waals surface area contributed by atoms with Crippen LogP contribution in [0.15, 0.2) is 34.3 Å². The van der Waals surface area contributed by atoms with Gasteiger partial charge in [0.2, 0.25) is 5.89 Å². The Balaban J connectivity index is 1.48. The van der Waals surface area contributed by atoms with Crippen LogP contribution in [-0.4, -0.2) is 36.4 Å². The fourth-order valence-corrected chi connectivity index (χ4v) is 3.80. The average molecular weight is 416 g/mol. The van der Waals surface area contributed by atoms with Gasteiger partial charge in [0, 0.05) is 5.57 Å². The van der Waals surface area contributed by atoms with Crippen LogP contribution in [0.25, 0.3) is 5.57 Å². The third-order valence-electron chi connectivity index (χ3n) is 5.54. The molecule has 2 unspecified atom stereocenters. The van der Waals surface area contributed by atoms with Crippen molar-refractivity contribution in [2.75, 3.05) is 13.2 Å². The number of aryl methyl sites for hydroxylation is 1. The largest absolute Gasteiger partial charge is 0.463 e. The number of oxazole rings is 1. The zero-order chi connectivity index (χ0) is 21.5. The second-order valence-electron chi connectivity index (χ2n) is 8.07. The molecular weight excluding hydrogens is 382 g/mol. The Kier molecular flexibility index (Phi) is 8.05. The predicted octanol–water partition coefficient (Wildman–Crippen LogP) is 5.07. The van der Waals surface area contributed by atoms with Crippen molar-refractivity contribution in [2.45, 2.75) is 78.1 Å². The molecule has 3 rings (SSSR count). The second kappa shape index (κ2) is 10.7. The Morgan fingerprint density at radius 2 is 2.03 bits per heavy atom. The predicted molar refractivity (Wildman–Crippen MR) is 115 cm³/mol. The molecule has 1 saturated carbocycles. The van der Waals surface area contributed by atoms with E-state index in [4.69, 9.17) is 18.6 Å². The molecule has 6 heteroatoms. The first-order chi connectivity index (χ1) is 14.5. The van der Waals surface area contributed by atoms with E-state index in [0.29, 0.717) is 24.7 Å². The van der Waals surface area contributed by atoms with Crippen LogP contribution in [0, 0.1) is 6.92 Å². The molecule has 30 heavy (non-hydrogen) atoms. The lowest BCUT2D eigenvalue weighted by molar-refractivity contribution is -0.139. The summed E-state index contributed by atoms with van der Waals surface area (Å²) in [5, 5.41) is 0. The van der Waals surface area contributed by atoms with Gasteiger partial charge >= 0.3 is 5.97 Å². The molecule has 1 aromatic rings. The summed E-state index contributed by atoms with van der Waals surface area (Å²) < 4.78 is 22.9.